The number of rotatable bonds is 5. The maximum Gasteiger partial charge on any atom is 0.357 e. The Balaban J connectivity index is 1.56. The number of hydrogen-bond donors (Lipinski definition) is 1. The third-order valence-corrected chi connectivity index (χ3v) is 3.66. The van der Waals surface area contributed by atoms with Crippen molar-refractivity contribution < 1.29 is 14.3 Å². The molecule has 6 heteroatoms. The molecule has 0 aliphatic rings. The second-order valence-corrected chi connectivity index (χ2v) is 5.55. The Hall–Kier alpha value is -3.72. The molecule has 3 rings (SSSR count). The highest BCUT2D eigenvalue weighted by atomic mass is 16.5. The van der Waals surface area contributed by atoms with E-state index in [0.717, 1.165) is 10.9 Å². The number of esters is 1. The van der Waals surface area contributed by atoms with E-state index < -0.39 is 18.5 Å². The summed E-state index contributed by atoms with van der Waals surface area (Å²) in [5.74, 6) is -1.11. The fourth-order valence-electron chi connectivity index (χ4n) is 2.38. The van der Waals surface area contributed by atoms with Crippen LogP contribution >= 0.6 is 0 Å². The minimum absolute atomic E-state index is 0.150. The second kappa shape index (κ2) is 7.90. The molecule has 0 aliphatic heterocycles. The predicted octanol–water partition coefficient (Wildman–Crippen LogP) is 3.10. The van der Waals surface area contributed by atoms with Crippen LogP contribution in [0.2, 0.25) is 0 Å². The summed E-state index contributed by atoms with van der Waals surface area (Å²) in [7, 11) is 0. The molecule has 1 heterocycles. The van der Waals surface area contributed by atoms with E-state index in [0.29, 0.717) is 17.6 Å². The molecule has 2 aromatic carbocycles. The van der Waals surface area contributed by atoms with Crippen molar-refractivity contribution in [1.82, 2.24) is 4.98 Å². The molecule has 0 spiro atoms. The molecule has 1 aromatic heterocycles. The lowest BCUT2D eigenvalue weighted by Gasteiger charge is -2.07. The standard InChI is InChI=1S/C20H15N3O3/c21-12-11-14-5-8-16(9-6-14)22-19(24)13-26-20(25)18-10-7-15-3-1-2-4-17(15)23-18/h1-10H,11,13H2,(H,22,24). The van der Waals surface area contributed by atoms with Crippen LogP contribution in [0.4, 0.5) is 5.69 Å². The van der Waals surface area contributed by atoms with Gasteiger partial charge in [0.1, 0.15) is 5.69 Å². The summed E-state index contributed by atoms with van der Waals surface area (Å²) in [4.78, 5) is 28.2. The number of amides is 1. The van der Waals surface area contributed by atoms with Gasteiger partial charge in [-0.2, -0.15) is 5.26 Å². The van der Waals surface area contributed by atoms with Gasteiger partial charge in [0.25, 0.3) is 5.91 Å². The summed E-state index contributed by atoms with van der Waals surface area (Å²) in [5.41, 5.74) is 2.26. The molecule has 1 amide bonds. The van der Waals surface area contributed by atoms with Crippen molar-refractivity contribution >= 4 is 28.5 Å². The minimum Gasteiger partial charge on any atom is -0.451 e. The van der Waals surface area contributed by atoms with Crippen LogP contribution in [0.3, 0.4) is 0 Å². The molecule has 6 nitrogen and oxygen atoms in total. The third kappa shape index (κ3) is 4.22. The first kappa shape index (κ1) is 17.1. The molecule has 0 saturated heterocycles. The van der Waals surface area contributed by atoms with Crippen molar-refractivity contribution in [1.29, 1.82) is 5.26 Å². The molecule has 0 bridgehead atoms. The number of carbonyl (C=O) groups excluding carboxylic acids is 2. The normalized spacial score (nSPS) is 10.1. The van der Waals surface area contributed by atoms with Crippen molar-refractivity contribution in [2.75, 3.05) is 11.9 Å². The Morgan fingerprint density at radius 2 is 1.81 bits per heavy atom. The van der Waals surface area contributed by atoms with E-state index >= 15 is 0 Å². The number of anilines is 1. The van der Waals surface area contributed by atoms with Crippen molar-refractivity contribution in [3.63, 3.8) is 0 Å². The monoisotopic (exact) mass is 345 g/mol. The SMILES string of the molecule is N#CCc1ccc(NC(=O)COC(=O)c2ccc3ccccc3n2)cc1. The lowest BCUT2D eigenvalue weighted by molar-refractivity contribution is -0.119. The van der Waals surface area contributed by atoms with Gasteiger partial charge in [-0.25, -0.2) is 9.78 Å². The van der Waals surface area contributed by atoms with Gasteiger partial charge in [-0.15, -0.1) is 0 Å². The van der Waals surface area contributed by atoms with Crippen LogP contribution in [0.5, 0.6) is 0 Å². The summed E-state index contributed by atoms with van der Waals surface area (Å²) in [6, 6.07) is 19.7. The van der Waals surface area contributed by atoms with Crippen LogP contribution < -0.4 is 5.32 Å². The third-order valence-electron chi connectivity index (χ3n) is 3.66. The minimum atomic E-state index is -0.657. The lowest BCUT2D eigenvalue weighted by atomic mass is 10.1. The Labute approximate surface area is 150 Å². The molecule has 0 aliphatic carbocycles. The Bertz CT molecular complexity index is 991. The first-order valence-electron chi connectivity index (χ1n) is 7.94. The van der Waals surface area contributed by atoms with Crippen LogP contribution in [0, 0.1) is 11.3 Å². The molecule has 3 aromatic rings. The second-order valence-electron chi connectivity index (χ2n) is 5.55. The fraction of sp³-hybridized carbons (Fsp3) is 0.100. The molecule has 26 heavy (non-hydrogen) atoms. The summed E-state index contributed by atoms with van der Waals surface area (Å²) in [6.45, 7) is -0.409. The van der Waals surface area contributed by atoms with Gasteiger partial charge in [0.05, 0.1) is 18.0 Å². The van der Waals surface area contributed by atoms with Gasteiger partial charge in [0.2, 0.25) is 0 Å². The number of benzene rings is 2. The Morgan fingerprint density at radius 3 is 2.58 bits per heavy atom. The number of nitrogens with one attached hydrogen (secondary N) is 1. The summed E-state index contributed by atoms with van der Waals surface area (Å²) in [6.07, 6.45) is 0.310. The number of pyridine rings is 1. The smallest absolute Gasteiger partial charge is 0.357 e. The topological polar surface area (TPSA) is 92.1 Å². The zero-order valence-electron chi connectivity index (χ0n) is 13.8. The maximum absolute atomic E-state index is 12.1. The number of carbonyl (C=O) groups is 2. The van der Waals surface area contributed by atoms with Crippen LogP contribution in [-0.2, 0) is 16.0 Å². The number of fused-ring (bicyclic) bond motifs is 1. The van der Waals surface area contributed by atoms with Crippen molar-refractivity contribution in [3.8, 4) is 6.07 Å². The number of nitrogens with zero attached hydrogens (tertiary/aromatic N) is 2. The van der Waals surface area contributed by atoms with Gasteiger partial charge in [0.15, 0.2) is 6.61 Å². The number of para-hydroxylation sites is 1. The van der Waals surface area contributed by atoms with Crippen LogP contribution in [0.25, 0.3) is 10.9 Å². The summed E-state index contributed by atoms with van der Waals surface area (Å²) in [5, 5.41) is 12.2. The molecule has 1 N–H and O–H groups in total. The molecular weight excluding hydrogens is 330 g/mol. The average molecular weight is 345 g/mol. The molecule has 0 radical (unpaired) electrons. The lowest BCUT2D eigenvalue weighted by Crippen LogP contribution is -2.21. The van der Waals surface area contributed by atoms with E-state index in [4.69, 9.17) is 10.00 Å². The summed E-state index contributed by atoms with van der Waals surface area (Å²) < 4.78 is 5.02. The highest BCUT2D eigenvalue weighted by molar-refractivity contribution is 5.95. The van der Waals surface area contributed by atoms with Gasteiger partial charge >= 0.3 is 5.97 Å². The molecular formula is C20H15N3O3. The highest BCUT2D eigenvalue weighted by Gasteiger charge is 2.12. The number of aromatic nitrogens is 1. The maximum atomic E-state index is 12.1. The van der Waals surface area contributed by atoms with Gasteiger partial charge in [-0.3, -0.25) is 4.79 Å². The molecule has 0 unspecified atom stereocenters. The van der Waals surface area contributed by atoms with Crippen molar-refractivity contribution in [2.45, 2.75) is 6.42 Å². The number of hydrogen-bond acceptors (Lipinski definition) is 5. The molecule has 0 saturated carbocycles. The predicted molar refractivity (Wildman–Crippen MR) is 96.4 cm³/mol. The Kier molecular flexibility index (Phi) is 5.20. The van der Waals surface area contributed by atoms with Gasteiger partial charge in [-0.05, 0) is 29.8 Å². The molecule has 0 fully saturated rings. The zero-order valence-corrected chi connectivity index (χ0v) is 13.8. The van der Waals surface area contributed by atoms with E-state index in [1.807, 2.05) is 18.2 Å². The number of nitriles is 1. The first-order chi connectivity index (χ1) is 12.7. The number of ether oxygens (including phenoxy) is 1. The quantitative estimate of drug-likeness (QED) is 0.717. The van der Waals surface area contributed by atoms with Crippen LogP contribution in [0.1, 0.15) is 16.1 Å². The summed E-state index contributed by atoms with van der Waals surface area (Å²) >= 11 is 0. The van der Waals surface area contributed by atoms with E-state index in [2.05, 4.69) is 16.4 Å². The Morgan fingerprint density at radius 1 is 1.04 bits per heavy atom. The van der Waals surface area contributed by atoms with E-state index in [-0.39, 0.29) is 5.69 Å². The van der Waals surface area contributed by atoms with Gasteiger partial charge in [-0.1, -0.05) is 36.4 Å². The molecule has 128 valence electrons. The average Bonchev–Trinajstić information content (AvgIpc) is 2.67. The molecule has 0 atom stereocenters. The first-order valence-corrected chi connectivity index (χ1v) is 7.94. The van der Waals surface area contributed by atoms with Gasteiger partial charge < -0.3 is 10.1 Å². The van der Waals surface area contributed by atoms with Crippen molar-refractivity contribution in [3.05, 3.63) is 71.9 Å². The highest BCUT2D eigenvalue weighted by Crippen LogP contribution is 2.13. The van der Waals surface area contributed by atoms with Gasteiger partial charge in [0, 0.05) is 11.1 Å². The fourth-order valence-corrected chi connectivity index (χ4v) is 2.38. The van der Waals surface area contributed by atoms with Crippen LogP contribution in [-0.4, -0.2) is 23.5 Å². The van der Waals surface area contributed by atoms with Crippen LogP contribution in [0.15, 0.2) is 60.7 Å². The van der Waals surface area contributed by atoms with Crippen molar-refractivity contribution in [2.24, 2.45) is 0 Å². The van der Waals surface area contributed by atoms with E-state index in [1.54, 1.807) is 42.5 Å². The van der Waals surface area contributed by atoms with E-state index in [1.165, 1.54) is 0 Å². The largest absolute Gasteiger partial charge is 0.451 e. The van der Waals surface area contributed by atoms with E-state index in [9.17, 15) is 9.59 Å². The zero-order chi connectivity index (χ0) is 18.4.